The average molecular weight is 209 g/mol. The highest BCUT2D eigenvalue weighted by Crippen LogP contribution is 2.06. The predicted molar refractivity (Wildman–Crippen MR) is 53.6 cm³/mol. The number of pyridine rings is 1. The zero-order valence-corrected chi connectivity index (χ0v) is 8.53. The fraction of sp³-hybridized carbons (Fsp3) is 0.400. The lowest BCUT2D eigenvalue weighted by Gasteiger charge is -2.05. The summed E-state index contributed by atoms with van der Waals surface area (Å²) in [6.45, 7) is 3.43. The Labute approximate surface area is 88.2 Å². The molecular formula is C10H13N2O3. The first-order valence-corrected chi connectivity index (χ1v) is 4.63. The summed E-state index contributed by atoms with van der Waals surface area (Å²) >= 11 is 0. The summed E-state index contributed by atoms with van der Waals surface area (Å²) in [6.07, 6.45) is 0. The summed E-state index contributed by atoms with van der Waals surface area (Å²) in [5.74, 6) is -0.271. The number of ether oxygens (including phenoxy) is 2. The van der Waals surface area contributed by atoms with E-state index < -0.39 is 5.91 Å². The lowest BCUT2D eigenvalue weighted by atomic mass is 10.3. The van der Waals surface area contributed by atoms with E-state index in [0.717, 1.165) is 0 Å². The Morgan fingerprint density at radius 3 is 3.07 bits per heavy atom. The minimum absolute atomic E-state index is 0.0731. The number of hydrogen-bond donors (Lipinski definition) is 1. The van der Waals surface area contributed by atoms with Gasteiger partial charge < -0.3 is 15.2 Å². The summed E-state index contributed by atoms with van der Waals surface area (Å²) in [7, 11) is 0. The van der Waals surface area contributed by atoms with Crippen LogP contribution in [-0.2, 0) is 4.74 Å². The first kappa shape index (κ1) is 11.5. The van der Waals surface area contributed by atoms with Crippen LogP contribution in [0.5, 0.6) is 5.88 Å². The van der Waals surface area contributed by atoms with Crippen molar-refractivity contribution in [1.82, 2.24) is 4.98 Å². The summed E-state index contributed by atoms with van der Waals surface area (Å²) in [4.78, 5) is 14.6. The van der Waals surface area contributed by atoms with Crippen LogP contribution < -0.4 is 10.5 Å². The normalized spacial score (nSPS) is 9.93. The number of amides is 1. The number of carbonyl (C=O) groups is 1. The smallest absolute Gasteiger partial charge is 0.268 e. The monoisotopic (exact) mass is 209 g/mol. The zero-order valence-electron chi connectivity index (χ0n) is 8.53. The molecule has 81 valence electrons. The standard InChI is InChI=1S/C10H13N2O3/c1-2-14-6-7-15-9-5-3-4-8(12-9)10(11)13/h3,5H,2,6-7H2,1H3,(H2,11,13). The van der Waals surface area contributed by atoms with Crippen molar-refractivity contribution in [2.24, 2.45) is 5.73 Å². The van der Waals surface area contributed by atoms with Gasteiger partial charge in [0.2, 0.25) is 5.88 Å². The number of carbonyl (C=O) groups excluding carboxylic acids is 1. The van der Waals surface area contributed by atoms with E-state index in [-0.39, 0.29) is 5.69 Å². The molecule has 1 rings (SSSR count). The molecule has 1 heterocycles. The van der Waals surface area contributed by atoms with Gasteiger partial charge in [0.1, 0.15) is 12.3 Å². The third-order valence-electron chi connectivity index (χ3n) is 1.58. The molecule has 0 fully saturated rings. The summed E-state index contributed by atoms with van der Waals surface area (Å²) in [6, 6.07) is 5.77. The lowest BCUT2D eigenvalue weighted by molar-refractivity contribution is 0.0989. The van der Waals surface area contributed by atoms with Crippen molar-refractivity contribution < 1.29 is 14.3 Å². The molecule has 0 aromatic carbocycles. The fourth-order valence-corrected chi connectivity index (χ4v) is 0.928. The van der Waals surface area contributed by atoms with Gasteiger partial charge in [-0.05, 0) is 13.0 Å². The van der Waals surface area contributed by atoms with Crippen LogP contribution in [0.15, 0.2) is 12.1 Å². The van der Waals surface area contributed by atoms with Gasteiger partial charge >= 0.3 is 0 Å². The molecule has 5 heteroatoms. The van der Waals surface area contributed by atoms with E-state index in [2.05, 4.69) is 11.1 Å². The predicted octanol–water partition coefficient (Wildman–Crippen LogP) is 0.396. The summed E-state index contributed by atoms with van der Waals surface area (Å²) in [5, 5.41) is 0. The molecule has 0 unspecified atom stereocenters. The highest BCUT2D eigenvalue weighted by Gasteiger charge is 2.03. The van der Waals surface area contributed by atoms with Crippen LogP contribution in [0.4, 0.5) is 0 Å². The van der Waals surface area contributed by atoms with Gasteiger partial charge in [-0.25, -0.2) is 4.98 Å². The van der Waals surface area contributed by atoms with Crippen LogP contribution in [0.1, 0.15) is 17.4 Å². The molecule has 0 saturated carbocycles. The molecule has 1 radical (unpaired) electrons. The molecule has 0 aliphatic heterocycles. The van der Waals surface area contributed by atoms with Crippen LogP contribution in [0.3, 0.4) is 0 Å². The van der Waals surface area contributed by atoms with Crippen molar-refractivity contribution in [1.29, 1.82) is 0 Å². The maximum Gasteiger partial charge on any atom is 0.268 e. The molecule has 15 heavy (non-hydrogen) atoms. The number of rotatable bonds is 6. The Balaban J connectivity index is 2.47. The van der Waals surface area contributed by atoms with Gasteiger partial charge in [-0.3, -0.25) is 4.79 Å². The van der Waals surface area contributed by atoms with E-state index in [4.69, 9.17) is 15.2 Å². The lowest BCUT2D eigenvalue weighted by Crippen LogP contribution is -2.14. The van der Waals surface area contributed by atoms with Gasteiger partial charge in [-0.2, -0.15) is 0 Å². The van der Waals surface area contributed by atoms with Crippen molar-refractivity contribution in [2.75, 3.05) is 19.8 Å². The van der Waals surface area contributed by atoms with Crippen LogP contribution in [0.25, 0.3) is 0 Å². The molecule has 0 aliphatic carbocycles. The van der Waals surface area contributed by atoms with Gasteiger partial charge in [0.15, 0.2) is 0 Å². The maximum absolute atomic E-state index is 10.8. The Morgan fingerprint density at radius 2 is 2.40 bits per heavy atom. The molecule has 1 aromatic heterocycles. The molecule has 0 aliphatic rings. The first-order valence-electron chi connectivity index (χ1n) is 4.63. The second-order valence-electron chi connectivity index (χ2n) is 2.69. The van der Waals surface area contributed by atoms with Crippen molar-refractivity contribution in [3.63, 3.8) is 0 Å². The Kier molecular flexibility index (Phi) is 4.56. The molecule has 0 atom stereocenters. The average Bonchev–Trinajstić information content (AvgIpc) is 2.25. The largest absolute Gasteiger partial charge is 0.475 e. The van der Waals surface area contributed by atoms with Gasteiger partial charge in [0, 0.05) is 18.7 Å². The Morgan fingerprint density at radius 1 is 1.60 bits per heavy atom. The van der Waals surface area contributed by atoms with Crippen molar-refractivity contribution in [3.05, 3.63) is 23.9 Å². The molecule has 0 bridgehead atoms. The first-order chi connectivity index (χ1) is 7.24. The van der Waals surface area contributed by atoms with Crippen LogP contribution in [-0.4, -0.2) is 30.7 Å². The third-order valence-corrected chi connectivity index (χ3v) is 1.58. The molecule has 1 aromatic rings. The maximum atomic E-state index is 10.8. The number of aromatic nitrogens is 1. The van der Waals surface area contributed by atoms with Crippen molar-refractivity contribution in [3.8, 4) is 5.88 Å². The van der Waals surface area contributed by atoms with E-state index in [1.54, 1.807) is 12.1 Å². The quantitative estimate of drug-likeness (QED) is 0.688. The summed E-state index contributed by atoms with van der Waals surface area (Å²) < 4.78 is 10.3. The van der Waals surface area contributed by atoms with Gasteiger partial charge in [-0.15, -0.1) is 0 Å². The van der Waals surface area contributed by atoms with E-state index in [1.807, 2.05) is 6.92 Å². The van der Waals surface area contributed by atoms with E-state index in [0.29, 0.717) is 25.7 Å². The van der Waals surface area contributed by atoms with Gasteiger partial charge in [0.05, 0.1) is 6.61 Å². The van der Waals surface area contributed by atoms with E-state index in [1.165, 1.54) is 0 Å². The molecule has 2 N–H and O–H groups in total. The SMILES string of the molecule is CCOCCOc1cc[c]c(C(N)=O)n1. The van der Waals surface area contributed by atoms with Crippen LogP contribution >= 0.6 is 0 Å². The molecule has 0 spiro atoms. The minimum atomic E-state index is -0.620. The van der Waals surface area contributed by atoms with Gasteiger partial charge in [0.25, 0.3) is 5.91 Å². The van der Waals surface area contributed by atoms with Crippen LogP contribution in [0.2, 0.25) is 0 Å². The van der Waals surface area contributed by atoms with Crippen LogP contribution in [0, 0.1) is 6.07 Å². The van der Waals surface area contributed by atoms with E-state index in [9.17, 15) is 4.79 Å². The molecule has 1 amide bonds. The molecular weight excluding hydrogens is 196 g/mol. The van der Waals surface area contributed by atoms with E-state index >= 15 is 0 Å². The Hall–Kier alpha value is -1.62. The zero-order chi connectivity index (χ0) is 11.1. The highest BCUT2D eigenvalue weighted by molar-refractivity contribution is 5.90. The topological polar surface area (TPSA) is 74.4 Å². The molecule has 0 saturated heterocycles. The second kappa shape index (κ2) is 5.98. The molecule has 5 nitrogen and oxygen atoms in total. The highest BCUT2D eigenvalue weighted by atomic mass is 16.5. The number of nitrogens with two attached hydrogens (primary N) is 1. The number of primary amides is 1. The fourth-order valence-electron chi connectivity index (χ4n) is 0.928. The third kappa shape index (κ3) is 3.95. The van der Waals surface area contributed by atoms with Gasteiger partial charge in [-0.1, -0.05) is 0 Å². The number of nitrogens with zero attached hydrogens (tertiary/aromatic N) is 1. The minimum Gasteiger partial charge on any atom is -0.475 e. The number of hydrogen-bond acceptors (Lipinski definition) is 4. The second-order valence-corrected chi connectivity index (χ2v) is 2.69. The van der Waals surface area contributed by atoms with Crippen molar-refractivity contribution >= 4 is 5.91 Å². The summed E-state index contributed by atoms with van der Waals surface area (Å²) in [5.41, 5.74) is 5.12. The Bertz CT molecular complexity index is 328. The van der Waals surface area contributed by atoms with Crippen molar-refractivity contribution in [2.45, 2.75) is 6.92 Å².